The van der Waals surface area contributed by atoms with E-state index in [1.807, 2.05) is 0 Å². The summed E-state index contributed by atoms with van der Waals surface area (Å²) in [5.41, 5.74) is 0. The lowest BCUT2D eigenvalue weighted by molar-refractivity contribution is -0.137. The zero-order valence-electron chi connectivity index (χ0n) is 12.0. The second kappa shape index (κ2) is 8.15. The van der Waals surface area contributed by atoms with Gasteiger partial charge in [-0.3, -0.25) is 14.5 Å². The Morgan fingerprint density at radius 2 is 2.11 bits per heavy atom. The van der Waals surface area contributed by atoms with Crippen LogP contribution in [0, 0.1) is 5.92 Å². The lowest BCUT2D eigenvalue weighted by atomic mass is 9.92. The molecule has 1 heterocycles. The van der Waals surface area contributed by atoms with Crippen LogP contribution in [0.4, 0.5) is 0 Å². The van der Waals surface area contributed by atoms with Gasteiger partial charge in [-0.2, -0.15) is 0 Å². The number of likely N-dealkylation sites (tertiary alicyclic amines) is 1. The third-order valence-electron chi connectivity index (χ3n) is 3.82. The zero-order chi connectivity index (χ0) is 14.3. The van der Waals surface area contributed by atoms with Gasteiger partial charge in [0.25, 0.3) is 0 Å². The van der Waals surface area contributed by atoms with Gasteiger partial charge in [0.1, 0.15) is 0 Å². The Morgan fingerprint density at radius 3 is 2.74 bits per heavy atom. The van der Waals surface area contributed by atoms with Gasteiger partial charge in [-0.05, 0) is 26.2 Å². The van der Waals surface area contributed by atoms with Crippen molar-refractivity contribution < 1.29 is 14.7 Å². The molecule has 0 unspecified atom stereocenters. The van der Waals surface area contributed by atoms with Gasteiger partial charge in [0, 0.05) is 25.7 Å². The summed E-state index contributed by atoms with van der Waals surface area (Å²) in [5.74, 6) is -0.635. The Kier molecular flexibility index (Phi) is 6.84. The second-order valence-electron chi connectivity index (χ2n) is 5.41. The van der Waals surface area contributed by atoms with Gasteiger partial charge in [0.2, 0.25) is 5.91 Å². The summed E-state index contributed by atoms with van der Waals surface area (Å²) in [6.45, 7) is 6.17. The first kappa shape index (κ1) is 16.0. The highest BCUT2D eigenvalue weighted by molar-refractivity contribution is 5.79. The number of carboxylic acid groups (broad SMARTS) is 1. The van der Waals surface area contributed by atoms with Crippen molar-refractivity contribution >= 4 is 11.9 Å². The highest BCUT2D eigenvalue weighted by atomic mass is 16.4. The molecule has 2 N–H and O–H groups in total. The number of nitrogens with one attached hydrogen (secondary N) is 1. The number of piperidine rings is 1. The zero-order valence-corrected chi connectivity index (χ0v) is 12.0. The molecular weight excluding hydrogens is 244 g/mol. The molecule has 1 aliphatic rings. The summed E-state index contributed by atoms with van der Waals surface area (Å²) < 4.78 is 0. The van der Waals surface area contributed by atoms with Crippen LogP contribution in [0.25, 0.3) is 0 Å². The van der Waals surface area contributed by atoms with E-state index in [0.29, 0.717) is 19.1 Å². The minimum Gasteiger partial charge on any atom is -0.481 e. The molecule has 0 aromatic carbocycles. The Balaban J connectivity index is 2.39. The van der Waals surface area contributed by atoms with E-state index in [1.54, 1.807) is 0 Å². The van der Waals surface area contributed by atoms with Gasteiger partial charge < -0.3 is 10.4 Å². The number of unbranched alkanes of at least 4 members (excludes halogenated alkanes) is 1. The van der Waals surface area contributed by atoms with Crippen LogP contribution in [0.2, 0.25) is 0 Å². The summed E-state index contributed by atoms with van der Waals surface area (Å²) in [6.07, 6.45) is 4.10. The van der Waals surface area contributed by atoms with Crippen LogP contribution in [0.5, 0.6) is 0 Å². The highest BCUT2D eigenvalue weighted by Crippen LogP contribution is 2.22. The van der Waals surface area contributed by atoms with Gasteiger partial charge in [0.15, 0.2) is 0 Å². The smallest absolute Gasteiger partial charge is 0.304 e. The summed E-state index contributed by atoms with van der Waals surface area (Å²) in [5, 5.41) is 11.7. The molecule has 0 radical (unpaired) electrons. The molecule has 5 nitrogen and oxygen atoms in total. The monoisotopic (exact) mass is 270 g/mol. The summed E-state index contributed by atoms with van der Waals surface area (Å²) in [4.78, 5) is 24.8. The number of rotatable bonds is 7. The van der Waals surface area contributed by atoms with Crippen molar-refractivity contribution in [3.05, 3.63) is 0 Å². The van der Waals surface area contributed by atoms with Crippen molar-refractivity contribution in [2.24, 2.45) is 5.92 Å². The Hall–Kier alpha value is -1.10. The maximum absolute atomic E-state index is 12.0. The molecule has 0 aromatic rings. The Bertz CT molecular complexity index is 307. The molecule has 1 aliphatic heterocycles. The number of carbonyl (C=O) groups excluding carboxylic acids is 1. The van der Waals surface area contributed by atoms with E-state index >= 15 is 0 Å². The minimum atomic E-state index is -0.776. The lowest BCUT2D eigenvalue weighted by Gasteiger charge is -2.37. The predicted molar refractivity (Wildman–Crippen MR) is 73.9 cm³/mol. The molecule has 2 atom stereocenters. The van der Waals surface area contributed by atoms with E-state index in [1.165, 1.54) is 0 Å². The normalized spacial score (nSPS) is 24.1. The Morgan fingerprint density at radius 1 is 1.37 bits per heavy atom. The van der Waals surface area contributed by atoms with E-state index in [-0.39, 0.29) is 18.2 Å². The molecule has 0 spiro atoms. The lowest BCUT2D eigenvalue weighted by Crippen LogP contribution is -2.47. The molecule has 1 saturated heterocycles. The van der Waals surface area contributed by atoms with E-state index in [9.17, 15) is 9.59 Å². The van der Waals surface area contributed by atoms with Crippen molar-refractivity contribution in [2.75, 3.05) is 19.6 Å². The van der Waals surface area contributed by atoms with Crippen molar-refractivity contribution in [3.63, 3.8) is 0 Å². The molecule has 5 heteroatoms. The molecule has 0 bridgehead atoms. The van der Waals surface area contributed by atoms with Gasteiger partial charge in [-0.15, -0.1) is 0 Å². The van der Waals surface area contributed by atoms with E-state index in [2.05, 4.69) is 24.1 Å². The number of carboxylic acids is 1. The molecule has 0 aromatic heterocycles. The van der Waals surface area contributed by atoms with Crippen molar-refractivity contribution in [2.45, 2.75) is 52.0 Å². The minimum absolute atomic E-state index is 0.0156. The van der Waals surface area contributed by atoms with E-state index < -0.39 is 5.97 Å². The standard InChI is InChI=1S/C14H26N2O3/c1-3-4-8-15-14(19)12-6-5-11(2)16(10-12)9-7-13(17)18/h11-12H,3-10H2,1-2H3,(H,15,19)(H,17,18)/t11-,12-/m1/s1. The fourth-order valence-electron chi connectivity index (χ4n) is 2.48. The van der Waals surface area contributed by atoms with Crippen LogP contribution in [0.3, 0.4) is 0 Å². The molecule has 19 heavy (non-hydrogen) atoms. The quantitative estimate of drug-likeness (QED) is 0.687. The van der Waals surface area contributed by atoms with Gasteiger partial charge >= 0.3 is 5.97 Å². The average Bonchev–Trinajstić information content (AvgIpc) is 2.37. The van der Waals surface area contributed by atoms with Crippen LogP contribution in [0.15, 0.2) is 0 Å². The molecule has 0 aliphatic carbocycles. The number of aliphatic carboxylic acids is 1. The number of hydrogen-bond acceptors (Lipinski definition) is 3. The van der Waals surface area contributed by atoms with Crippen molar-refractivity contribution in [1.29, 1.82) is 0 Å². The molecular formula is C14H26N2O3. The molecule has 0 saturated carbocycles. The van der Waals surface area contributed by atoms with Crippen molar-refractivity contribution in [1.82, 2.24) is 10.2 Å². The number of amides is 1. The first-order valence-electron chi connectivity index (χ1n) is 7.28. The summed E-state index contributed by atoms with van der Waals surface area (Å²) in [6, 6.07) is 0.374. The number of hydrogen-bond donors (Lipinski definition) is 2. The topological polar surface area (TPSA) is 69.6 Å². The van der Waals surface area contributed by atoms with Crippen LogP contribution in [0.1, 0.15) is 46.0 Å². The largest absolute Gasteiger partial charge is 0.481 e. The fourth-order valence-corrected chi connectivity index (χ4v) is 2.48. The maximum Gasteiger partial charge on any atom is 0.304 e. The van der Waals surface area contributed by atoms with Crippen LogP contribution < -0.4 is 5.32 Å². The predicted octanol–water partition coefficient (Wildman–Crippen LogP) is 1.48. The number of nitrogens with zero attached hydrogens (tertiary/aromatic N) is 1. The molecule has 1 amide bonds. The van der Waals surface area contributed by atoms with E-state index in [4.69, 9.17) is 5.11 Å². The first-order valence-corrected chi connectivity index (χ1v) is 7.28. The average molecular weight is 270 g/mol. The summed E-state index contributed by atoms with van der Waals surface area (Å²) in [7, 11) is 0. The second-order valence-corrected chi connectivity index (χ2v) is 5.41. The third kappa shape index (κ3) is 5.59. The highest BCUT2D eigenvalue weighted by Gasteiger charge is 2.29. The van der Waals surface area contributed by atoms with Gasteiger partial charge in [-0.25, -0.2) is 0 Å². The number of carbonyl (C=O) groups is 2. The summed E-state index contributed by atoms with van der Waals surface area (Å²) >= 11 is 0. The maximum atomic E-state index is 12.0. The van der Waals surface area contributed by atoms with E-state index in [0.717, 1.165) is 32.2 Å². The third-order valence-corrected chi connectivity index (χ3v) is 3.82. The fraction of sp³-hybridized carbons (Fsp3) is 0.857. The molecule has 110 valence electrons. The molecule has 1 rings (SSSR count). The first-order chi connectivity index (χ1) is 9.04. The van der Waals surface area contributed by atoms with Crippen LogP contribution >= 0.6 is 0 Å². The molecule has 1 fully saturated rings. The van der Waals surface area contributed by atoms with Gasteiger partial charge in [0.05, 0.1) is 12.3 Å². The van der Waals surface area contributed by atoms with Crippen molar-refractivity contribution in [3.8, 4) is 0 Å². The van der Waals surface area contributed by atoms with Crippen LogP contribution in [-0.4, -0.2) is 47.6 Å². The van der Waals surface area contributed by atoms with Crippen LogP contribution in [-0.2, 0) is 9.59 Å². The van der Waals surface area contributed by atoms with Gasteiger partial charge in [-0.1, -0.05) is 13.3 Å². The SMILES string of the molecule is CCCCNC(=O)[C@@H]1CC[C@@H](C)N(CCC(=O)O)C1. The Labute approximate surface area is 115 Å².